The molecule has 0 saturated heterocycles. The van der Waals surface area contributed by atoms with Crippen LogP contribution in [0.3, 0.4) is 0 Å². The molecule has 0 atom stereocenters. The molecule has 9 heavy (non-hydrogen) atoms. The molecular formula is CH3ClLi2O5. The van der Waals surface area contributed by atoms with Crippen LogP contribution in [0.25, 0.3) is 0 Å². The van der Waals surface area contributed by atoms with Gasteiger partial charge in [-0.2, -0.15) is 14.0 Å². The second-order valence-corrected chi connectivity index (χ2v) is 1.50. The molecule has 0 aliphatic carbocycles. The summed E-state index contributed by atoms with van der Waals surface area (Å²) in [6.07, 6.45) is 0. The molecule has 0 fully saturated rings. The molecule has 0 saturated carbocycles. The van der Waals surface area contributed by atoms with E-state index in [2.05, 4.69) is 4.29 Å². The normalized spacial score (nSPS) is 8.33. The number of hydrogen-bond donors (Lipinski definition) is 0. The second kappa shape index (κ2) is 6.95. The van der Waals surface area contributed by atoms with Crippen LogP contribution >= 0.6 is 0 Å². The fourth-order valence-electron chi connectivity index (χ4n) is 0.0445. The van der Waals surface area contributed by atoms with Gasteiger partial charge in [0.25, 0.3) is 0 Å². The van der Waals surface area contributed by atoms with Gasteiger partial charge in [0.05, 0.1) is 0 Å². The van der Waals surface area contributed by atoms with Crippen LogP contribution in [0.2, 0.25) is 0 Å². The molecule has 0 amide bonds. The van der Waals surface area contributed by atoms with Crippen molar-refractivity contribution in [2.75, 3.05) is 0 Å². The van der Waals surface area contributed by atoms with Crippen LogP contribution in [0.5, 0.6) is 0 Å². The Labute approximate surface area is 80.4 Å². The van der Waals surface area contributed by atoms with E-state index in [-0.39, 0.29) is 40.6 Å². The molecular weight excluding hydrogens is 141 g/mol. The summed E-state index contributed by atoms with van der Waals surface area (Å²) in [6, 6.07) is 0. The first-order valence-corrected chi connectivity index (χ1v) is 2.32. The molecule has 0 aromatic rings. The zero-order valence-corrected chi connectivity index (χ0v) is 5.75. The molecule has 0 aromatic carbocycles. The Balaban J connectivity index is -0.0000000300. The quantitative estimate of drug-likeness (QED) is 0.283. The summed E-state index contributed by atoms with van der Waals surface area (Å²) in [5, 5.41) is 0. The Kier molecular flexibility index (Phi) is 12.7. The number of rotatable bonds is 2. The van der Waals surface area contributed by atoms with E-state index in [1.54, 1.807) is 0 Å². The van der Waals surface area contributed by atoms with E-state index in [1.807, 2.05) is 0 Å². The molecule has 0 bridgehead atoms. The molecule has 46 valence electrons. The van der Waals surface area contributed by atoms with Gasteiger partial charge in [-0.05, 0) is 4.29 Å². The van der Waals surface area contributed by atoms with E-state index in [1.165, 1.54) is 0 Å². The topological polar surface area (TPSA) is 95.5 Å². The van der Waals surface area contributed by atoms with E-state index < -0.39 is 16.7 Å². The first-order valence-electron chi connectivity index (χ1n) is 1.09. The third-order valence-electron chi connectivity index (χ3n) is 0.145. The Morgan fingerprint density at radius 2 is 1.67 bits per heavy atom. The summed E-state index contributed by atoms with van der Waals surface area (Å²) in [4.78, 5) is 9.01. The summed E-state index contributed by atoms with van der Waals surface area (Å²) >= 11 is 0. The van der Waals surface area contributed by atoms with Crippen LogP contribution in [0.4, 0.5) is 0 Å². The molecule has 8 heteroatoms. The maximum atomic E-state index is 9.19. The smallest absolute Gasteiger partial charge is 1.00 e. The molecule has 0 heterocycles. The van der Waals surface area contributed by atoms with Gasteiger partial charge in [0.1, 0.15) is 10.2 Å². The van der Waals surface area contributed by atoms with Crippen LogP contribution < -0.4 is 51.7 Å². The van der Waals surface area contributed by atoms with Crippen molar-refractivity contribution >= 4 is 6.47 Å². The predicted octanol–water partition coefficient (Wildman–Crippen LogP) is -9.71. The number of carbonyl (C=O) groups excluding carboxylic acids is 1. The standard InChI is InChI=1S/CHClO5.2Li.2H/c3-1-7-2(4,5)6;;;;/h1H;;;;/q;2*+1;2*-1. The van der Waals surface area contributed by atoms with Crippen molar-refractivity contribution in [2.24, 2.45) is 0 Å². The van der Waals surface area contributed by atoms with Crippen LogP contribution in [0.1, 0.15) is 2.85 Å². The van der Waals surface area contributed by atoms with Crippen molar-refractivity contribution < 1.29 is 73.9 Å². The molecule has 0 aliphatic rings. The third kappa shape index (κ3) is 17.7. The third-order valence-corrected chi connectivity index (χ3v) is 0.436. The van der Waals surface area contributed by atoms with Gasteiger partial charge < -0.3 is 2.85 Å². The van der Waals surface area contributed by atoms with E-state index in [9.17, 15) is 14.0 Å². The van der Waals surface area contributed by atoms with Crippen molar-refractivity contribution in [3.63, 3.8) is 0 Å². The van der Waals surface area contributed by atoms with Gasteiger partial charge in [-0.1, -0.05) is 0 Å². The zero-order chi connectivity index (χ0) is 5.91. The maximum Gasteiger partial charge on any atom is 1.00 e. The Morgan fingerprint density at radius 1 is 1.33 bits per heavy atom. The minimum absolute atomic E-state index is 0. The summed E-state index contributed by atoms with van der Waals surface area (Å²) in [5.41, 5.74) is 0. The van der Waals surface area contributed by atoms with Crippen LogP contribution in [-0.2, 0) is 9.08 Å². The van der Waals surface area contributed by atoms with E-state index in [4.69, 9.17) is 4.79 Å². The Morgan fingerprint density at radius 3 is 1.67 bits per heavy atom. The minimum Gasteiger partial charge on any atom is -1.00 e. The Bertz CT molecular complexity index is 77.4. The molecule has 0 unspecified atom stereocenters. The summed E-state index contributed by atoms with van der Waals surface area (Å²) in [7, 11) is -4.55. The number of carbonyl (C=O) groups is 1. The van der Waals surface area contributed by atoms with Crippen LogP contribution in [-0.4, -0.2) is 6.47 Å². The van der Waals surface area contributed by atoms with Gasteiger partial charge in [-0.25, -0.2) is 4.79 Å². The van der Waals surface area contributed by atoms with Crippen molar-refractivity contribution in [1.82, 2.24) is 0 Å². The van der Waals surface area contributed by atoms with Crippen molar-refractivity contribution in [3.05, 3.63) is 0 Å². The second-order valence-electron chi connectivity index (χ2n) is 0.563. The first-order chi connectivity index (χ1) is 3.06. The average molecular weight is 144 g/mol. The largest absolute Gasteiger partial charge is 1.00 e. The summed E-state index contributed by atoms with van der Waals surface area (Å²) in [5.74, 6) is 0. The SMILES string of the molecule is O=CO[Cl+3]([O-])([O-])[O-].[H-].[H-].[Li+].[Li+]. The van der Waals surface area contributed by atoms with E-state index in [0.717, 1.165) is 0 Å². The minimum atomic E-state index is -4.55. The maximum absolute atomic E-state index is 9.19. The Hall–Kier alpha value is 0.835. The van der Waals surface area contributed by atoms with Gasteiger partial charge in [0.2, 0.25) is 0 Å². The van der Waals surface area contributed by atoms with E-state index in [0.29, 0.717) is 0 Å². The number of halogens is 1. The van der Waals surface area contributed by atoms with Crippen molar-refractivity contribution in [2.45, 2.75) is 0 Å². The molecule has 0 aromatic heterocycles. The summed E-state index contributed by atoms with van der Waals surface area (Å²) < 4.78 is 30.5. The van der Waals surface area contributed by atoms with Gasteiger partial charge in [-0.15, -0.1) is 0 Å². The van der Waals surface area contributed by atoms with Gasteiger partial charge in [0, 0.05) is 0 Å². The fourth-order valence-corrected chi connectivity index (χ4v) is 0.134. The fraction of sp³-hybridized carbons (Fsp3) is 0. The van der Waals surface area contributed by atoms with Crippen molar-refractivity contribution in [3.8, 4) is 0 Å². The molecule has 0 rings (SSSR count). The molecule has 0 spiro atoms. The average Bonchev–Trinajstić information content (AvgIpc) is 1.30. The molecule has 0 aliphatic heterocycles. The van der Waals surface area contributed by atoms with Crippen LogP contribution in [0, 0.1) is 10.2 Å². The first kappa shape index (κ1) is 16.4. The zero-order valence-electron chi connectivity index (χ0n) is 7.00. The van der Waals surface area contributed by atoms with Gasteiger partial charge >= 0.3 is 44.2 Å². The molecule has 5 nitrogen and oxygen atoms in total. The summed E-state index contributed by atoms with van der Waals surface area (Å²) in [6.45, 7) is -0.454. The molecule has 0 radical (unpaired) electrons. The number of hydrogen-bond acceptors (Lipinski definition) is 5. The van der Waals surface area contributed by atoms with E-state index >= 15 is 0 Å². The monoisotopic (exact) mass is 144 g/mol. The predicted molar refractivity (Wildman–Crippen MR) is 9.37 cm³/mol. The van der Waals surface area contributed by atoms with Crippen molar-refractivity contribution in [1.29, 1.82) is 0 Å². The van der Waals surface area contributed by atoms with Crippen LogP contribution in [0.15, 0.2) is 0 Å². The van der Waals surface area contributed by atoms with Gasteiger partial charge in [0.15, 0.2) is 0 Å². The molecule has 0 N–H and O–H groups in total. The van der Waals surface area contributed by atoms with Gasteiger partial charge in [-0.3, -0.25) is 0 Å².